The van der Waals surface area contributed by atoms with Crippen LogP contribution in [0.1, 0.15) is 32.9 Å². The van der Waals surface area contributed by atoms with Crippen LogP contribution in [0.3, 0.4) is 0 Å². The van der Waals surface area contributed by atoms with Gasteiger partial charge in [-0.05, 0) is 38.9 Å². The molecule has 0 spiro atoms. The van der Waals surface area contributed by atoms with E-state index in [1.807, 2.05) is 25.1 Å². The Labute approximate surface area is 121 Å². The van der Waals surface area contributed by atoms with Gasteiger partial charge in [-0.1, -0.05) is 32.0 Å². The second-order valence-electron chi connectivity index (χ2n) is 5.18. The van der Waals surface area contributed by atoms with Crippen LogP contribution in [-0.4, -0.2) is 23.7 Å². The Morgan fingerprint density at radius 1 is 1.20 bits per heavy atom. The van der Waals surface area contributed by atoms with Crippen molar-refractivity contribution in [3.63, 3.8) is 0 Å². The maximum Gasteiger partial charge on any atom is 0.146 e. The van der Waals surface area contributed by atoms with Crippen molar-refractivity contribution in [3.8, 4) is 5.75 Å². The highest BCUT2D eigenvalue weighted by Crippen LogP contribution is 2.25. The van der Waals surface area contributed by atoms with Gasteiger partial charge in [-0.2, -0.15) is 0 Å². The number of ether oxygens (including phenoxy) is 1. The number of hydrogen-bond donors (Lipinski definition) is 1. The van der Waals surface area contributed by atoms with Gasteiger partial charge in [0.25, 0.3) is 0 Å². The summed E-state index contributed by atoms with van der Waals surface area (Å²) < 4.78 is 6.16. The first kappa shape index (κ1) is 14.8. The minimum absolute atomic E-state index is 0.118. The van der Waals surface area contributed by atoms with Gasteiger partial charge in [0.15, 0.2) is 0 Å². The summed E-state index contributed by atoms with van der Waals surface area (Å²) >= 11 is 0. The second kappa shape index (κ2) is 6.71. The van der Waals surface area contributed by atoms with Gasteiger partial charge in [0.1, 0.15) is 17.4 Å². The van der Waals surface area contributed by atoms with Crippen LogP contribution < -0.4 is 10.1 Å². The molecule has 20 heavy (non-hydrogen) atoms. The van der Waals surface area contributed by atoms with E-state index in [9.17, 15) is 0 Å². The lowest BCUT2D eigenvalue weighted by Crippen LogP contribution is -2.40. The van der Waals surface area contributed by atoms with Crippen molar-refractivity contribution in [2.24, 2.45) is 0 Å². The third-order valence-corrected chi connectivity index (χ3v) is 3.61. The summed E-state index contributed by atoms with van der Waals surface area (Å²) in [6, 6.07) is 10.6. The van der Waals surface area contributed by atoms with Crippen molar-refractivity contribution in [1.82, 2.24) is 10.3 Å². The van der Waals surface area contributed by atoms with Crippen molar-refractivity contribution in [2.75, 3.05) is 6.54 Å². The zero-order valence-corrected chi connectivity index (χ0v) is 12.8. The van der Waals surface area contributed by atoms with Crippen molar-refractivity contribution >= 4 is 10.9 Å². The molecule has 1 aromatic carbocycles. The lowest BCUT2D eigenvalue weighted by Gasteiger charge is -2.25. The highest BCUT2D eigenvalue weighted by atomic mass is 16.5. The number of likely N-dealkylation sites (N-methyl/N-ethyl adjacent to an activating group) is 1. The third-order valence-electron chi connectivity index (χ3n) is 3.61. The molecule has 1 N–H and O–H groups in total. The van der Waals surface area contributed by atoms with E-state index in [4.69, 9.17) is 4.74 Å². The minimum atomic E-state index is 0.118. The molecule has 0 radical (unpaired) electrons. The number of hydrogen-bond acceptors (Lipinski definition) is 3. The normalized spacial score (nSPS) is 14.2. The Kier molecular flexibility index (Phi) is 4.96. The van der Waals surface area contributed by atoms with Crippen molar-refractivity contribution in [1.29, 1.82) is 0 Å². The number of benzene rings is 1. The largest absolute Gasteiger partial charge is 0.487 e. The molecular weight excluding hydrogens is 248 g/mol. The summed E-state index contributed by atoms with van der Waals surface area (Å²) in [7, 11) is 0. The Hall–Kier alpha value is -1.61. The molecule has 0 saturated heterocycles. The van der Waals surface area contributed by atoms with Gasteiger partial charge in [-0.15, -0.1) is 0 Å². The fraction of sp³-hybridized carbons (Fsp3) is 0.471. The second-order valence-corrected chi connectivity index (χ2v) is 5.18. The number of fused-ring (bicyclic) bond motifs is 1. The maximum atomic E-state index is 6.16. The van der Waals surface area contributed by atoms with E-state index in [2.05, 4.69) is 43.2 Å². The number of rotatable bonds is 6. The van der Waals surface area contributed by atoms with Crippen LogP contribution in [0, 0.1) is 6.92 Å². The summed E-state index contributed by atoms with van der Waals surface area (Å²) in [6.07, 6.45) is 1.17. The lowest BCUT2D eigenvalue weighted by atomic mass is 10.1. The Morgan fingerprint density at radius 3 is 2.70 bits per heavy atom. The predicted molar refractivity (Wildman–Crippen MR) is 84.3 cm³/mol. The molecule has 1 aromatic heterocycles. The van der Waals surface area contributed by atoms with Crippen molar-refractivity contribution < 1.29 is 4.74 Å². The molecule has 0 aliphatic rings. The molecule has 0 amide bonds. The summed E-state index contributed by atoms with van der Waals surface area (Å²) in [5.41, 5.74) is 1.96. The van der Waals surface area contributed by atoms with Crippen LogP contribution in [-0.2, 0) is 0 Å². The van der Waals surface area contributed by atoms with Crippen molar-refractivity contribution in [3.05, 3.63) is 36.0 Å². The number of aromatic nitrogens is 1. The summed E-state index contributed by atoms with van der Waals surface area (Å²) in [5, 5.41) is 4.59. The molecule has 2 aromatic rings. The molecule has 0 bridgehead atoms. The number of nitrogens with one attached hydrogen (secondary N) is 1. The molecule has 3 heteroatoms. The lowest BCUT2D eigenvalue weighted by molar-refractivity contribution is 0.170. The van der Waals surface area contributed by atoms with Gasteiger partial charge in [0.2, 0.25) is 0 Å². The molecule has 0 aliphatic heterocycles. The third kappa shape index (κ3) is 3.28. The zero-order valence-electron chi connectivity index (χ0n) is 12.8. The van der Waals surface area contributed by atoms with Gasteiger partial charge in [-0.25, -0.2) is 4.98 Å². The van der Waals surface area contributed by atoms with Gasteiger partial charge in [0.05, 0.1) is 0 Å². The Bertz CT molecular complexity index is 568. The first-order valence-corrected chi connectivity index (χ1v) is 7.42. The molecule has 2 rings (SSSR count). The summed E-state index contributed by atoms with van der Waals surface area (Å²) in [6.45, 7) is 9.38. The van der Waals surface area contributed by atoms with Gasteiger partial charge >= 0.3 is 0 Å². The van der Waals surface area contributed by atoms with E-state index in [-0.39, 0.29) is 6.10 Å². The standard InChI is InChI=1S/C17H24N2O/c1-5-15(18-6-2)13(4)20-16-9-7-8-14-11-10-12(3)19-17(14)16/h7-11,13,15,18H,5-6H2,1-4H3. The van der Waals surface area contributed by atoms with Gasteiger partial charge in [-0.3, -0.25) is 0 Å². The fourth-order valence-corrected chi connectivity index (χ4v) is 2.50. The van der Waals surface area contributed by atoms with Gasteiger partial charge < -0.3 is 10.1 Å². The molecule has 1 heterocycles. The average molecular weight is 272 g/mol. The van der Waals surface area contributed by atoms with Crippen molar-refractivity contribution in [2.45, 2.75) is 46.3 Å². The Morgan fingerprint density at radius 2 is 2.00 bits per heavy atom. The van der Waals surface area contributed by atoms with E-state index in [1.54, 1.807) is 0 Å². The molecule has 0 fully saturated rings. The van der Waals surface area contributed by atoms with Crippen LogP contribution in [0.2, 0.25) is 0 Å². The quantitative estimate of drug-likeness (QED) is 0.870. The molecule has 3 nitrogen and oxygen atoms in total. The van der Waals surface area contributed by atoms with Crippen LogP contribution in [0.25, 0.3) is 10.9 Å². The van der Waals surface area contributed by atoms with E-state index < -0.39 is 0 Å². The molecular formula is C17H24N2O. The number of pyridine rings is 1. The smallest absolute Gasteiger partial charge is 0.146 e. The monoisotopic (exact) mass is 272 g/mol. The molecule has 2 atom stereocenters. The first-order valence-electron chi connectivity index (χ1n) is 7.42. The first-order chi connectivity index (χ1) is 9.65. The summed E-state index contributed by atoms with van der Waals surface area (Å²) in [5.74, 6) is 0.870. The molecule has 0 aliphatic carbocycles. The van der Waals surface area contributed by atoms with Crippen LogP contribution in [0.4, 0.5) is 0 Å². The zero-order chi connectivity index (χ0) is 14.5. The SMILES string of the molecule is CCNC(CC)C(C)Oc1cccc2ccc(C)nc12. The fourth-order valence-electron chi connectivity index (χ4n) is 2.50. The number of para-hydroxylation sites is 1. The molecule has 2 unspecified atom stereocenters. The average Bonchev–Trinajstić information content (AvgIpc) is 2.45. The van der Waals surface area contributed by atoms with Crippen LogP contribution in [0.5, 0.6) is 5.75 Å². The minimum Gasteiger partial charge on any atom is -0.487 e. The highest BCUT2D eigenvalue weighted by Gasteiger charge is 2.17. The predicted octanol–water partition coefficient (Wildman–Crippen LogP) is 3.70. The maximum absolute atomic E-state index is 6.16. The van der Waals surface area contributed by atoms with E-state index >= 15 is 0 Å². The number of nitrogens with zero attached hydrogens (tertiary/aromatic N) is 1. The van der Waals surface area contributed by atoms with Crippen LogP contribution in [0.15, 0.2) is 30.3 Å². The topological polar surface area (TPSA) is 34.1 Å². The van der Waals surface area contributed by atoms with E-state index in [0.717, 1.165) is 35.3 Å². The molecule has 0 saturated carbocycles. The van der Waals surface area contributed by atoms with E-state index in [0.29, 0.717) is 6.04 Å². The number of aryl methyl sites for hydroxylation is 1. The summed E-state index contributed by atoms with van der Waals surface area (Å²) in [4.78, 5) is 4.61. The Balaban J connectivity index is 2.26. The highest BCUT2D eigenvalue weighted by molar-refractivity contribution is 5.84. The van der Waals surface area contributed by atoms with E-state index in [1.165, 1.54) is 0 Å². The molecule has 108 valence electrons. The van der Waals surface area contributed by atoms with Gasteiger partial charge in [0, 0.05) is 17.1 Å². The van der Waals surface area contributed by atoms with Crippen LogP contribution >= 0.6 is 0 Å².